The van der Waals surface area contributed by atoms with Crippen LogP contribution in [0.15, 0.2) is 6.07 Å². The minimum atomic E-state index is -0.119. The van der Waals surface area contributed by atoms with E-state index in [2.05, 4.69) is 14.9 Å². The number of carbonyl (C=O) groups is 1. The van der Waals surface area contributed by atoms with Crippen molar-refractivity contribution >= 4 is 23.4 Å². The van der Waals surface area contributed by atoms with E-state index in [1.165, 1.54) is 7.11 Å². The minimum Gasteiger partial charge on any atom is -0.469 e. The molecular weight excluding hydrogens is 254 g/mol. The molecule has 0 N–H and O–H groups in total. The monoisotopic (exact) mass is 269 g/mol. The van der Waals surface area contributed by atoms with E-state index in [9.17, 15) is 4.79 Å². The van der Waals surface area contributed by atoms with Crippen LogP contribution in [-0.2, 0) is 9.53 Å². The number of aromatic nitrogens is 2. The van der Waals surface area contributed by atoms with Gasteiger partial charge in [0.15, 0.2) is 0 Å². The Kier molecular flexibility index (Phi) is 4.01. The first-order valence-corrected chi connectivity index (χ1v) is 6.32. The average Bonchev–Trinajstić information content (AvgIpc) is 2.37. The molecule has 18 heavy (non-hydrogen) atoms. The Morgan fingerprint density at radius 1 is 1.44 bits per heavy atom. The highest BCUT2D eigenvalue weighted by molar-refractivity contribution is 6.29. The normalized spacial score (nSPS) is 16.7. The molecule has 0 aliphatic carbocycles. The third-order valence-corrected chi connectivity index (χ3v) is 3.34. The van der Waals surface area contributed by atoms with Crippen molar-refractivity contribution in [3.63, 3.8) is 0 Å². The molecule has 0 saturated carbocycles. The molecule has 1 saturated heterocycles. The lowest BCUT2D eigenvalue weighted by Crippen LogP contribution is -2.37. The van der Waals surface area contributed by atoms with Crippen LogP contribution in [0.5, 0.6) is 0 Å². The van der Waals surface area contributed by atoms with Crippen molar-refractivity contribution in [2.24, 2.45) is 5.92 Å². The number of methoxy groups -OCH3 is 1. The predicted molar refractivity (Wildman–Crippen MR) is 68.7 cm³/mol. The first-order valence-electron chi connectivity index (χ1n) is 5.94. The summed E-state index contributed by atoms with van der Waals surface area (Å²) in [6.45, 7) is 3.38. The zero-order valence-electron chi connectivity index (χ0n) is 10.5. The Morgan fingerprint density at radius 3 is 2.67 bits per heavy atom. The Balaban J connectivity index is 2.03. The van der Waals surface area contributed by atoms with Gasteiger partial charge in [-0.25, -0.2) is 9.97 Å². The van der Waals surface area contributed by atoms with E-state index < -0.39 is 0 Å². The zero-order chi connectivity index (χ0) is 13.1. The van der Waals surface area contributed by atoms with E-state index in [1.54, 1.807) is 6.07 Å². The van der Waals surface area contributed by atoms with Gasteiger partial charge in [-0.1, -0.05) is 11.6 Å². The van der Waals surface area contributed by atoms with Crippen molar-refractivity contribution in [1.29, 1.82) is 0 Å². The molecular formula is C12H16ClN3O2. The molecule has 0 amide bonds. The number of piperidine rings is 1. The number of hydrogen-bond donors (Lipinski definition) is 0. The third kappa shape index (κ3) is 2.90. The number of rotatable bonds is 2. The lowest BCUT2D eigenvalue weighted by atomic mass is 9.97. The predicted octanol–water partition coefficient (Wildman–Crippen LogP) is 1.83. The van der Waals surface area contributed by atoms with Crippen LogP contribution in [0.3, 0.4) is 0 Å². The summed E-state index contributed by atoms with van der Waals surface area (Å²) in [5, 5.41) is 0.451. The van der Waals surface area contributed by atoms with Gasteiger partial charge in [-0.15, -0.1) is 0 Å². The molecule has 98 valence electrons. The summed E-state index contributed by atoms with van der Waals surface area (Å²) in [5.41, 5.74) is 0. The van der Waals surface area contributed by atoms with Gasteiger partial charge in [0.05, 0.1) is 13.0 Å². The number of anilines is 1. The van der Waals surface area contributed by atoms with Crippen molar-refractivity contribution in [1.82, 2.24) is 9.97 Å². The summed E-state index contributed by atoms with van der Waals surface area (Å²) in [4.78, 5) is 22.0. The summed E-state index contributed by atoms with van der Waals surface area (Å²) in [6, 6.07) is 1.76. The van der Waals surface area contributed by atoms with Crippen molar-refractivity contribution in [2.75, 3.05) is 25.1 Å². The molecule has 1 aliphatic heterocycles. The topological polar surface area (TPSA) is 55.3 Å². The first-order chi connectivity index (χ1) is 8.60. The Morgan fingerprint density at radius 2 is 2.11 bits per heavy atom. The van der Waals surface area contributed by atoms with Gasteiger partial charge < -0.3 is 9.64 Å². The molecule has 2 rings (SSSR count). The first kappa shape index (κ1) is 13.1. The van der Waals surface area contributed by atoms with E-state index >= 15 is 0 Å². The van der Waals surface area contributed by atoms with Gasteiger partial charge in [0.1, 0.15) is 16.8 Å². The third-order valence-electron chi connectivity index (χ3n) is 3.15. The molecule has 1 aromatic heterocycles. The molecule has 0 unspecified atom stereocenters. The molecule has 2 heterocycles. The van der Waals surface area contributed by atoms with Crippen LogP contribution in [0.1, 0.15) is 18.7 Å². The van der Waals surface area contributed by atoms with E-state index in [1.807, 2.05) is 6.92 Å². The van der Waals surface area contributed by atoms with Gasteiger partial charge in [-0.05, 0) is 19.8 Å². The summed E-state index contributed by atoms with van der Waals surface area (Å²) >= 11 is 5.92. The second kappa shape index (κ2) is 5.52. The van der Waals surface area contributed by atoms with Crippen LogP contribution in [0, 0.1) is 12.8 Å². The minimum absolute atomic E-state index is 0.00431. The standard InChI is InChI=1S/C12H16ClN3O2/c1-8-14-10(13)7-11(15-8)16-5-3-9(4-6-16)12(17)18-2/h7,9H,3-6H2,1-2H3. The molecule has 5 nitrogen and oxygen atoms in total. The maximum absolute atomic E-state index is 11.4. The zero-order valence-corrected chi connectivity index (χ0v) is 11.3. The van der Waals surface area contributed by atoms with Crippen molar-refractivity contribution in [2.45, 2.75) is 19.8 Å². The van der Waals surface area contributed by atoms with Crippen molar-refractivity contribution < 1.29 is 9.53 Å². The van der Waals surface area contributed by atoms with Gasteiger partial charge in [-0.2, -0.15) is 0 Å². The average molecular weight is 270 g/mol. The summed E-state index contributed by atoms with van der Waals surface area (Å²) < 4.78 is 4.76. The van der Waals surface area contributed by atoms with Crippen molar-refractivity contribution in [3.8, 4) is 0 Å². The van der Waals surface area contributed by atoms with E-state index in [4.69, 9.17) is 16.3 Å². The van der Waals surface area contributed by atoms with E-state index in [0.29, 0.717) is 11.0 Å². The number of ether oxygens (including phenoxy) is 1. The molecule has 0 radical (unpaired) electrons. The van der Waals surface area contributed by atoms with Gasteiger partial charge in [0.25, 0.3) is 0 Å². The van der Waals surface area contributed by atoms with Crippen LogP contribution in [0.25, 0.3) is 0 Å². The SMILES string of the molecule is COC(=O)C1CCN(c2cc(Cl)nc(C)n2)CC1. The van der Waals surface area contributed by atoms with Gasteiger partial charge >= 0.3 is 5.97 Å². The molecule has 0 spiro atoms. The summed E-state index contributed by atoms with van der Waals surface area (Å²) in [7, 11) is 1.43. The number of halogens is 1. The maximum atomic E-state index is 11.4. The summed E-state index contributed by atoms with van der Waals surface area (Å²) in [5.74, 6) is 1.37. The Hall–Kier alpha value is -1.36. The number of carbonyl (C=O) groups excluding carboxylic acids is 1. The van der Waals surface area contributed by atoms with Gasteiger partial charge in [-0.3, -0.25) is 4.79 Å². The lowest BCUT2D eigenvalue weighted by molar-refractivity contribution is -0.146. The fraction of sp³-hybridized carbons (Fsp3) is 0.583. The lowest BCUT2D eigenvalue weighted by Gasteiger charge is -2.31. The number of esters is 1. The number of nitrogens with zero attached hydrogens (tertiary/aromatic N) is 3. The van der Waals surface area contributed by atoms with Crippen molar-refractivity contribution in [3.05, 3.63) is 17.0 Å². The Bertz CT molecular complexity index is 425. The number of aryl methyl sites for hydroxylation is 1. The highest BCUT2D eigenvalue weighted by Gasteiger charge is 2.26. The molecule has 0 aromatic carbocycles. The molecule has 1 aromatic rings. The number of hydrogen-bond acceptors (Lipinski definition) is 5. The maximum Gasteiger partial charge on any atom is 0.308 e. The summed E-state index contributed by atoms with van der Waals surface area (Å²) in [6.07, 6.45) is 1.57. The molecule has 6 heteroatoms. The molecule has 0 bridgehead atoms. The molecule has 1 fully saturated rings. The van der Waals surface area contributed by atoms with Gasteiger partial charge in [0.2, 0.25) is 0 Å². The van der Waals surface area contributed by atoms with Crippen LogP contribution in [-0.4, -0.2) is 36.1 Å². The highest BCUT2D eigenvalue weighted by Crippen LogP contribution is 2.24. The largest absolute Gasteiger partial charge is 0.469 e. The van der Waals surface area contributed by atoms with Gasteiger partial charge in [0, 0.05) is 19.2 Å². The molecule has 0 atom stereocenters. The second-order valence-corrected chi connectivity index (χ2v) is 4.77. The van der Waals surface area contributed by atoms with E-state index in [-0.39, 0.29) is 11.9 Å². The van der Waals surface area contributed by atoms with Crippen LogP contribution >= 0.6 is 11.6 Å². The fourth-order valence-corrected chi connectivity index (χ4v) is 2.41. The quantitative estimate of drug-likeness (QED) is 0.606. The van der Waals surface area contributed by atoms with E-state index in [0.717, 1.165) is 31.7 Å². The Labute approximate surface area is 111 Å². The second-order valence-electron chi connectivity index (χ2n) is 4.38. The smallest absolute Gasteiger partial charge is 0.308 e. The highest BCUT2D eigenvalue weighted by atomic mass is 35.5. The fourth-order valence-electron chi connectivity index (χ4n) is 2.19. The van der Waals surface area contributed by atoms with Crippen LogP contribution in [0.2, 0.25) is 5.15 Å². The van der Waals surface area contributed by atoms with Crippen LogP contribution in [0.4, 0.5) is 5.82 Å². The van der Waals surface area contributed by atoms with Crippen LogP contribution < -0.4 is 4.90 Å². The molecule has 1 aliphatic rings.